The molecule has 0 aliphatic carbocycles. The zero-order valence-corrected chi connectivity index (χ0v) is 7.15. The molecule has 0 aromatic carbocycles. The predicted molar refractivity (Wildman–Crippen MR) is 42.9 cm³/mol. The molecule has 0 spiro atoms. The summed E-state index contributed by atoms with van der Waals surface area (Å²) in [5.74, 6) is 0.454. The first-order chi connectivity index (χ1) is 6.31. The normalized spacial score (nSPS) is 10.6. The van der Waals surface area contributed by atoms with Crippen molar-refractivity contribution in [3.05, 3.63) is 23.4 Å². The van der Waals surface area contributed by atoms with Gasteiger partial charge in [-0.25, -0.2) is 0 Å². The van der Waals surface area contributed by atoms with Gasteiger partial charge in [-0.05, 0) is 17.7 Å². The second-order valence-electron chi connectivity index (χ2n) is 2.28. The van der Waals surface area contributed by atoms with Gasteiger partial charge in [0, 0.05) is 0 Å². The van der Waals surface area contributed by atoms with Crippen molar-refractivity contribution < 1.29 is 14.0 Å². The van der Waals surface area contributed by atoms with Gasteiger partial charge in [0.05, 0.1) is 11.8 Å². The number of halogens is 1. The summed E-state index contributed by atoms with van der Waals surface area (Å²) in [6, 6.07) is 1.61. The average molecular weight is 201 g/mol. The Hall–Kier alpha value is -1.33. The van der Waals surface area contributed by atoms with Crippen molar-refractivity contribution >= 4 is 11.6 Å². The molecule has 2 rings (SSSR count). The van der Waals surface area contributed by atoms with Crippen LogP contribution in [0.15, 0.2) is 21.3 Å². The molecule has 13 heavy (non-hydrogen) atoms. The first-order valence-electron chi connectivity index (χ1n) is 3.48. The number of nitrogens with zero attached hydrogens (tertiary/aromatic N) is 2. The lowest BCUT2D eigenvalue weighted by Gasteiger charge is -1.85. The van der Waals surface area contributed by atoms with Crippen LogP contribution >= 0.6 is 11.6 Å². The molecular weight excluding hydrogens is 196 g/mol. The van der Waals surface area contributed by atoms with Gasteiger partial charge in [-0.3, -0.25) is 0 Å². The summed E-state index contributed by atoms with van der Waals surface area (Å²) < 4.78 is 9.65. The number of furan rings is 1. The van der Waals surface area contributed by atoms with Gasteiger partial charge in [-0.2, -0.15) is 4.98 Å². The van der Waals surface area contributed by atoms with Crippen LogP contribution < -0.4 is 0 Å². The number of hydrogen-bond acceptors (Lipinski definition) is 5. The van der Waals surface area contributed by atoms with Crippen LogP contribution in [0.3, 0.4) is 0 Å². The average Bonchev–Trinajstić information content (AvgIpc) is 2.71. The maximum Gasteiger partial charge on any atom is 0.262 e. The SMILES string of the molecule is OCc1noc(-c2ccoc2Cl)n1. The zero-order chi connectivity index (χ0) is 9.26. The van der Waals surface area contributed by atoms with Crippen molar-refractivity contribution in [1.82, 2.24) is 10.1 Å². The van der Waals surface area contributed by atoms with Gasteiger partial charge in [0.25, 0.3) is 5.89 Å². The van der Waals surface area contributed by atoms with Crippen molar-refractivity contribution in [3.63, 3.8) is 0 Å². The van der Waals surface area contributed by atoms with Crippen LogP contribution in [0, 0.1) is 0 Å². The second-order valence-corrected chi connectivity index (χ2v) is 2.63. The van der Waals surface area contributed by atoms with Gasteiger partial charge in [-0.1, -0.05) is 5.16 Å². The topological polar surface area (TPSA) is 72.3 Å². The van der Waals surface area contributed by atoms with Gasteiger partial charge in [0.15, 0.2) is 5.82 Å². The third kappa shape index (κ3) is 1.43. The summed E-state index contributed by atoms with van der Waals surface area (Å²) in [6.45, 7) is -0.265. The first kappa shape index (κ1) is 8.28. The fraction of sp³-hybridized carbons (Fsp3) is 0.143. The third-order valence-electron chi connectivity index (χ3n) is 1.46. The van der Waals surface area contributed by atoms with Gasteiger partial charge < -0.3 is 14.0 Å². The summed E-state index contributed by atoms with van der Waals surface area (Å²) in [5.41, 5.74) is 0.522. The summed E-state index contributed by atoms with van der Waals surface area (Å²) in [4.78, 5) is 3.86. The number of aliphatic hydroxyl groups excluding tert-OH is 1. The highest BCUT2D eigenvalue weighted by Crippen LogP contribution is 2.26. The van der Waals surface area contributed by atoms with Crippen molar-refractivity contribution in [1.29, 1.82) is 0 Å². The van der Waals surface area contributed by atoms with E-state index in [0.717, 1.165) is 0 Å². The minimum atomic E-state index is -0.265. The Morgan fingerprint density at radius 2 is 2.38 bits per heavy atom. The van der Waals surface area contributed by atoms with Gasteiger partial charge in [-0.15, -0.1) is 0 Å². The van der Waals surface area contributed by atoms with E-state index in [4.69, 9.17) is 25.6 Å². The highest BCUT2D eigenvalue weighted by Gasteiger charge is 2.13. The van der Waals surface area contributed by atoms with E-state index >= 15 is 0 Å². The maximum absolute atomic E-state index is 8.68. The van der Waals surface area contributed by atoms with E-state index in [9.17, 15) is 0 Å². The van der Waals surface area contributed by atoms with E-state index in [1.54, 1.807) is 6.07 Å². The van der Waals surface area contributed by atoms with Crippen LogP contribution in [0.5, 0.6) is 0 Å². The van der Waals surface area contributed by atoms with Gasteiger partial charge in [0.1, 0.15) is 6.61 Å². The van der Waals surface area contributed by atoms with Gasteiger partial charge in [0.2, 0.25) is 5.22 Å². The largest absolute Gasteiger partial charge is 0.452 e. The molecule has 0 bridgehead atoms. The van der Waals surface area contributed by atoms with E-state index in [1.807, 2.05) is 0 Å². The molecule has 5 nitrogen and oxygen atoms in total. The summed E-state index contributed by atoms with van der Waals surface area (Å²) in [7, 11) is 0. The summed E-state index contributed by atoms with van der Waals surface area (Å²) >= 11 is 5.67. The Kier molecular flexibility index (Phi) is 2.03. The van der Waals surface area contributed by atoms with Crippen LogP contribution in [-0.4, -0.2) is 15.2 Å². The second kappa shape index (κ2) is 3.20. The molecule has 0 aliphatic heterocycles. The van der Waals surface area contributed by atoms with Crippen molar-refractivity contribution in [3.8, 4) is 11.5 Å². The number of aromatic nitrogens is 2. The molecule has 6 heteroatoms. The smallest absolute Gasteiger partial charge is 0.262 e. The van der Waals surface area contributed by atoms with E-state index in [0.29, 0.717) is 5.56 Å². The molecular formula is C7H5ClN2O3. The number of rotatable bonds is 2. The molecule has 68 valence electrons. The van der Waals surface area contributed by atoms with Crippen LogP contribution in [0.25, 0.3) is 11.5 Å². The highest BCUT2D eigenvalue weighted by atomic mass is 35.5. The fourth-order valence-electron chi connectivity index (χ4n) is 0.874. The highest BCUT2D eigenvalue weighted by molar-refractivity contribution is 6.31. The third-order valence-corrected chi connectivity index (χ3v) is 1.75. The first-order valence-corrected chi connectivity index (χ1v) is 3.86. The summed E-state index contributed by atoms with van der Waals surface area (Å²) in [6.07, 6.45) is 1.42. The monoisotopic (exact) mass is 200 g/mol. The van der Waals surface area contributed by atoms with Crippen LogP contribution in [0.2, 0.25) is 5.22 Å². The molecule has 2 aromatic rings. The van der Waals surface area contributed by atoms with Crippen molar-refractivity contribution in [2.24, 2.45) is 0 Å². The van der Waals surface area contributed by atoms with Gasteiger partial charge >= 0.3 is 0 Å². The van der Waals surface area contributed by atoms with E-state index in [2.05, 4.69) is 10.1 Å². The minimum absolute atomic E-state index is 0.188. The Balaban J connectivity index is 2.41. The van der Waals surface area contributed by atoms with Crippen LogP contribution in [0.4, 0.5) is 0 Å². The zero-order valence-electron chi connectivity index (χ0n) is 6.40. The predicted octanol–water partition coefficient (Wildman–Crippen LogP) is 1.48. The maximum atomic E-state index is 8.68. The Labute approximate surface area is 77.9 Å². The quantitative estimate of drug-likeness (QED) is 0.795. The van der Waals surface area contributed by atoms with Crippen molar-refractivity contribution in [2.45, 2.75) is 6.61 Å². The lowest BCUT2D eigenvalue weighted by atomic mass is 10.3. The van der Waals surface area contributed by atoms with Crippen LogP contribution in [-0.2, 0) is 6.61 Å². The standard InChI is InChI=1S/C7H5ClN2O3/c8-6-4(1-2-12-6)7-9-5(3-11)10-13-7/h1-2,11H,3H2. The molecule has 0 radical (unpaired) electrons. The molecule has 0 unspecified atom stereocenters. The molecule has 0 atom stereocenters. The Bertz CT molecular complexity index is 409. The molecule has 0 aliphatic rings. The molecule has 0 fully saturated rings. The lowest BCUT2D eigenvalue weighted by molar-refractivity contribution is 0.264. The molecule has 2 aromatic heterocycles. The molecule has 0 saturated heterocycles. The number of hydrogen-bond donors (Lipinski definition) is 1. The Morgan fingerprint density at radius 3 is 2.92 bits per heavy atom. The van der Waals surface area contributed by atoms with E-state index < -0.39 is 0 Å². The minimum Gasteiger partial charge on any atom is -0.452 e. The van der Waals surface area contributed by atoms with Crippen LogP contribution in [0.1, 0.15) is 5.82 Å². The molecule has 0 saturated carbocycles. The molecule has 0 amide bonds. The lowest BCUT2D eigenvalue weighted by Crippen LogP contribution is -1.84. The van der Waals surface area contributed by atoms with E-state index in [1.165, 1.54) is 6.26 Å². The number of aliphatic hydroxyl groups is 1. The molecule has 1 N–H and O–H groups in total. The Morgan fingerprint density at radius 1 is 1.54 bits per heavy atom. The van der Waals surface area contributed by atoms with E-state index in [-0.39, 0.29) is 23.5 Å². The molecule has 2 heterocycles. The van der Waals surface area contributed by atoms with Crippen molar-refractivity contribution in [2.75, 3.05) is 0 Å². The summed E-state index contributed by atoms with van der Waals surface area (Å²) in [5, 5.41) is 12.4. The fourth-order valence-corrected chi connectivity index (χ4v) is 1.07.